The highest BCUT2D eigenvalue weighted by Gasteiger charge is 2.32. The zero-order valence-corrected chi connectivity index (χ0v) is 12.1. The SMILES string of the molecule is CNC(=O)C1CCCCN1C(=O)c1cc2ccccc2[nH]1. The van der Waals surface area contributed by atoms with Gasteiger partial charge in [-0.15, -0.1) is 0 Å². The second kappa shape index (κ2) is 5.60. The molecule has 0 saturated carbocycles. The summed E-state index contributed by atoms with van der Waals surface area (Å²) < 4.78 is 0. The van der Waals surface area contributed by atoms with Crippen LogP contribution >= 0.6 is 0 Å². The second-order valence-electron chi connectivity index (χ2n) is 5.39. The Labute approximate surface area is 123 Å². The minimum absolute atomic E-state index is 0.0841. The summed E-state index contributed by atoms with van der Waals surface area (Å²) in [5.74, 6) is -0.182. The van der Waals surface area contributed by atoms with E-state index in [4.69, 9.17) is 0 Å². The van der Waals surface area contributed by atoms with E-state index in [9.17, 15) is 9.59 Å². The standard InChI is InChI=1S/C16H19N3O2/c1-17-15(20)14-8-4-5-9-19(14)16(21)13-10-11-6-2-3-7-12(11)18-13/h2-3,6-7,10,14,18H,4-5,8-9H2,1H3,(H,17,20). The summed E-state index contributed by atoms with van der Waals surface area (Å²) in [6, 6.07) is 9.28. The van der Waals surface area contributed by atoms with Crippen LogP contribution in [0.5, 0.6) is 0 Å². The molecule has 1 atom stereocenters. The van der Waals surface area contributed by atoms with Crippen LogP contribution < -0.4 is 5.32 Å². The molecular formula is C16H19N3O2. The maximum atomic E-state index is 12.7. The molecule has 1 aromatic carbocycles. The fourth-order valence-electron chi connectivity index (χ4n) is 2.96. The summed E-state index contributed by atoms with van der Waals surface area (Å²) >= 11 is 0. The molecule has 1 saturated heterocycles. The highest BCUT2D eigenvalue weighted by molar-refractivity contribution is 6.00. The first-order chi connectivity index (χ1) is 10.2. The first-order valence-electron chi connectivity index (χ1n) is 7.31. The van der Waals surface area contributed by atoms with Crippen LogP contribution in [0.4, 0.5) is 0 Å². The van der Waals surface area contributed by atoms with Crippen LogP contribution in [0.1, 0.15) is 29.8 Å². The Hall–Kier alpha value is -2.30. The maximum Gasteiger partial charge on any atom is 0.270 e. The average molecular weight is 285 g/mol. The van der Waals surface area contributed by atoms with E-state index >= 15 is 0 Å². The molecule has 5 heteroatoms. The lowest BCUT2D eigenvalue weighted by molar-refractivity contribution is -0.126. The number of likely N-dealkylation sites (N-methyl/N-ethyl adjacent to an activating group) is 1. The van der Waals surface area contributed by atoms with Crippen molar-refractivity contribution in [1.29, 1.82) is 0 Å². The number of fused-ring (bicyclic) bond motifs is 1. The molecule has 1 aliphatic rings. The van der Waals surface area contributed by atoms with Crippen molar-refractivity contribution in [2.75, 3.05) is 13.6 Å². The fraction of sp³-hybridized carbons (Fsp3) is 0.375. The Balaban J connectivity index is 1.90. The lowest BCUT2D eigenvalue weighted by Gasteiger charge is -2.34. The van der Waals surface area contributed by atoms with Gasteiger partial charge in [0.25, 0.3) is 5.91 Å². The Morgan fingerprint density at radius 2 is 2.10 bits per heavy atom. The second-order valence-corrected chi connectivity index (χ2v) is 5.39. The van der Waals surface area contributed by atoms with Gasteiger partial charge in [0.2, 0.25) is 5.91 Å². The molecule has 2 amide bonds. The number of nitrogens with one attached hydrogen (secondary N) is 2. The van der Waals surface area contributed by atoms with Crippen LogP contribution in [0.15, 0.2) is 30.3 Å². The van der Waals surface area contributed by atoms with Crippen molar-refractivity contribution >= 4 is 22.7 Å². The Morgan fingerprint density at radius 3 is 2.86 bits per heavy atom. The molecule has 3 rings (SSSR count). The van der Waals surface area contributed by atoms with Crippen molar-refractivity contribution in [2.24, 2.45) is 0 Å². The number of H-pyrrole nitrogens is 1. The van der Waals surface area contributed by atoms with Gasteiger partial charge in [0, 0.05) is 24.5 Å². The molecule has 2 N–H and O–H groups in total. The van der Waals surface area contributed by atoms with Crippen molar-refractivity contribution in [1.82, 2.24) is 15.2 Å². The molecule has 0 spiro atoms. The molecular weight excluding hydrogens is 266 g/mol. The van der Waals surface area contributed by atoms with Crippen LogP contribution in [-0.4, -0.2) is 41.3 Å². The normalized spacial score (nSPS) is 18.7. The highest BCUT2D eigenvalue weighted by atomic mass is 16.2. The molecule has 2 heterocycles. The van der Waals surface area contributed by atoms with Gasteiger partial charge in [-0.25, -0.2) is 0 Å². The molecule has 0 radical (unpaired) electrons. The van der Waals surface area contributed by atoms with E-state index in [-0.39, 0.29) is 17.9 Å². The first-order valence-corrected chi connectivity index (χ1v) is 7.31. The molecule has 1 aromatic heterocycles. The lowest BCUT2D eigenvalue weighted by atomic mass is 10.0. The van der Waals surface area contributed by atoms with E-state index < -0.39 is 0 Å². The van der Waals surface area contributed by atoms with Crippen molar-refractivity contribution < 1.29 is 9.59 Å². The highest BCUT2D eigenvalue weighted by Crippen LogP contribution is 2.22. The third kappa shape index (κ3) is 2.51. The minimum atomic E-state index is -0.359. The van der Waals surface area contributed by atoms with Gasteiger partial charge in [-0.1, -0.05) is 18.2 Å². The third-order valence-electron chi connectivity index (χ3n) is 4.07. The first kappa shape index (κ1) is 13.7. The smallest absolute Gasteiger partial charge is 0.270 e. The van der Waals surface area contributed by atoms with Gasteiger partial charge < -0.3 is 15.2 Å². The van der Waals surface area contributed by atoms with Gasteiger partial charge in [-0.3, -0.25) is 9.59 Å². The van der Waals surface area contributed by atoms with Gasteiger partial charge in [0.15, 0.2) is 0 Å². The van der Waals surface area contributed by atoms with Crippen LogP contribution in [-0.2, 0) is 4.79 Å². The van der Waals surface area contributed by atoms with E-state index in [0.717, 1.165) is 30.2 Å². The topological polar surface area (TPSA) is 65.2 Å². The van der Waals surface area contributed by atoms with Crippen LogP contribution in [0.3, 0.4) is 0 Å². The number of aromatic amines is 1. The number of benzene rings is 1. The predicted molar refractivity (Wildman–Crippen MR) is 81.0 cm³/mol. The van der Waals surface area contributed by atoms with E-state index in [0.29, 0.717) is 12.2 Å². The van der Waals surface area contributed by atoms with E-state index in [1.165, 1.54) is 0 Å². The molecule has 21 heavy (non-hydrogen) atoms. The summed E-state index contributed by atoms with van der Waals surface area (Å²) in [6.45, 7) is 0.631. The van der Waals surface area contributed by atoms with E-state index in [2.05, 4.69) is 10.3 Å². The molecule has 5 nitrogen and oxygen atoms in total. The third-order valence-corrected chi connectivity index (χ3v) is 4.07. The van der Waals surface area contributed by atoms with Crippen molar-refractivity contribution in [3.8, 4) is 0 Å². The number of hydrogen-bond acceptors (Lipinski definition) is 2. The number of amides is 2. The van der Waals surface area contributed by atoms with Crippen LogP contribution in [0.25, 0.3) is 10.9 Å². The monoisotopic (exact) mass is 285 g/mol. The zero-order chi connectivity index (χ0) is 14.8. The molecule has 1 unspecified atom stereocenters. The van der Waals surface area contributed by atoms with Crippen LogP contribution in [0.2, 0.25) is 0 Å². The molecule has 1 fully saturated rings. The number of likely N-dealkylation sites (tertiary alicyclic amines) is 1. The van der Waals surface area contributed by atoms with Crippen molar-refractivity contribution in [3.05, 3.63) is 36.0 Å². The number of hydrogen-bond donors (Lipinski definition) is 2. The minimum Gasteiger partial charge on any atom is -0.357 e. The molecule has 110 valence electrons. The number of para-hydroxylation sites is 1. The van der Waals surface area contributed by atoms with Gasteiger partial charge in [-0.2, -0.15) is 0 Å². The Bertz CT molecular complexity index is 644. The average Bonchev–Trinajstić information content (AvgIpc) is 2.97. The van der Waals surface area contributed by atoms with E-state index in [1.807, 2.05) is 30.3 Å². The molecule has 1 aliphatic heterocycles. The summed E-state index contributed by atoms with van der Waals surface area (Å²) in [6.07, 6.45) is 2.65. The number of nitrogens with zero attached hydrogens (tertiary/aromatic N) is 1. The molecule has 0 bridgehead atoms. The summed E-state index contributed by atoms with van der Waals surface area (Å²) in [5, 5.41) is 3.66. The van der Waals surface area contributed by atoms with Crippen LogP contribution in [0, 0.1) is 0 Å². The Kier molecular flexibility index (Phi) is 3.64. The fourth-order valence-corrected chi connectivity index (χ4v) is 2.96. The summed E-state index contributed by atoms with van der Waals surface area (Å²) in [4.78, 5) is 29.5. The number of carbonyl (C=O) groups excluding carboxylic acids is 2. The zero-order valence-electron chi connectivity index (χ0n) is 12.1. The maximum absolute atomic E-state index is 12.7. The van der Waals surface area contributed by atoms with Gasteiger partial charge in [0.1, 0.15) is 11.7 Å². The summed E-state index contributed by atoms with van der Waals surface area (Å²) in [5.41, 5.74) is 1.49. The number of rotatable bonds is 2. The lowest BCUT2D eigenvalue weighted by Crippen LogP contribution is -2.51. The van der Waals surface area contributed by atoms with Gasteiger partial charge >= 0.3 is 0 Å². The number of piperidine rings is 1. The largest absolute Gasteiger partial charge is 0.357 e. The Morgan fingerprint density at radius 1 is 1.29 bits per heavy atom. The number of aromatic nitrogens is 1. The number of carbonyl (C=O) groups is 2. The van der Waals surface area contributed by atoms with Gasteiger partial charge in [-0.05, 0) is 31.4 Å². The van der Waals surface area contributed by atoms with Crippen molar-refractivity contribution in [3.63, 3.8) is 0 Å². The molecule has 0 aliphatic carbocycles. The predicted octanol–water partition coefficient (Wildman–Crippen LogP) is 1.91. The summed E-state index contributed by atoms with van der Waals surface area (Å²) in [7, 11) is 1.61. The van der Waals surface area contributed by atoms with Gasteiger partial charge in [0.05, 0.1) is 0 Å². The quantitative estimate of drug-likeness (QED) is 0.885. The molecule has 2 aromatic rings. The van der Waals surface area contributed by atoms with Crippen molar-refractivity contribution in [2.45, 2.75) is 25.3 Å². The van der Waals surface area contributed by atoms with E-state index in [1.54, 1.807) is 11.9 Å².